The highest BCUT2D eigenvalue weighted by atomic mass is 16.6. The number of ether oxygens (including phenoxy) is 1. The van der Waals surface area contributed by atoms with Crippen LogP contribution in [-0.2, 0) is 4.74 Å². The molecule has 122 valence electrons. The lowest BCUT2D eigenvalue weighted by atomic mass is 9.93. The van der Waals surface area contributed by atoms with Gasteiger partial charge in [0.05, 0.1) is 21.5 Å². The first-order valence-electron chi connectivity index (χ1n) is 6.83. The van der Waals surface area contributed by atoms with Crippen molar-refractivity contribution in [1.29, 1.82) is 0 Å². The van der Waals surface area contributed by atoms with Crippen LogP contribution in [0.15, 0.2) is 30.4 Å². The van der Waals surface area contributed by atoms with E-state index in [4.69, 9.17) is 9.84 Å². The van der Waals surface area contributed by atoms with Gasteiger partial charge in [-0.3, -0.25) is 20.2 Å². The molecule has 2 rings (SSSR count). The van der Waals surface area contributed by atoms with E-state index >= 15 is 0 Å². The highest BCUT2D eigenvalue weighted by Crippen LogP contribution is 2.25. The maximum atomic E-state index is 12.1. The summed E-state index contributed by atoms with van der Waals surface area (Å²) in [6, 6.07) is 2.65. The summed E-state index contributed by atoms with van der Waals surface area (Å²) >= 11 is 0. The van der Waals surface area contributed by atoms with Crippen LogP contribution in [0.5, 0.6) is 0 Å². The van der Waals surface area contributed by atoms with Gasteiger partial charge in [-0.2, -0.15) is 0 Å². The quantitative estimate of drug-likeness (QED) is 0.379. The molecule has 1 aliphatic rings. The van der Waals surface area contributed by atoms with Gasteiger partial charge in [-0.1, -0.05) is 6.08 Å². The predicted octanol–water partition coefficient (Wildman–Crippen LogP) is 1.99. The number of nitro benzene ring substituents is 2. The van der Waals surface area contributed by atoms with Crippen molar-refractivity contribution in [1.82, 2.24) is 0 Å². The number of nitro groups is 2. The van der Waals surface area contributed by atoms with Crippen molar-refractivity contribution in [2.75, 3.05) is 6.61 Å². The zero-order chi connectivity index (χ0) is 17.0. The largest absolute Gasteiger partial charge is 0.455 e. The molecule has 0 aliphatic heterocycles. The van der Waals surface area contributed by atoms with Crippen LogP contribution in [0.1, 0.15) is 23.2 Å². The summed E-state index contributed by atoms with van der Waals surface area (Å²) in [6.45, 7) is -0.0410. The van der Waals surface area contributed by atoms with Crippen molar-refractivity contribution < 1.29 is 24.5 Å². The molecule has 1 N–H and O–H groups in total. The van der Waals surface area contributed by atoms with Crippen LogP contribution in [0, 0.1) is 26.1 Å². The molecule has 2 atom stereocenters. The van der Waals surface area contributed by atoms with Crippen LogP contribution in [0.2, 0.25) is 0 Å². The summed E-state index contributed by atoms with van der Waals surface area (Å²) in [5.41, 5.74) is -1.37. The molecule has 0 aromatic heterocycles. The van der Waals surface area contributed by atoms with Crippen LogP contribution in [0.4, 0.5) is 11.4 Å². The third kappa shape index (κ3) is 4.10. The Morgan fingerprint density at radius 2 is 1.83 bits per heavy atom. The second kappa shape index (κ2) is 6.97. The first kappa shape index (κ1) is 16.6. The molecule has 23 heavy (non-hydrogen) atoms. The number of benzene rings is 1. The van der Waals surface area contributed by atoms with Gasteiger partial charge in [0.1, 0.15) is 6.10 Å². The average Bonchev–Trinajstić information content (AvgIpc) is 2.54. The van der Waals surface area contributed by atoms with E-state index < -0.39 is 33.3 Å². The molecule has 0 amide bonds. The molecule has 9 heteroatoms. The van der Waals surface area contributed by atoms with Crippen LogP contribution < -0.4 is 0 Å². The Kier molecular flexibility index (Phi) is 5.02. The maximum Gasteiger partial charge on any atom is 0.339 e. The minimum atomic E-state index is -0.884. The summed E-state index contributed by atoms with van der Waals surface area (Å²) < 4.78 is 5.20. The molecule has 0 radical (unpaired) electrons. The van der Waals surface area contributed by atoms with Gasteiger partial charge in [-0.25, -0.2) is 4.79 Å². The summed E-state index contributed by atoms with van der Waals surface area (Å²) in [6.07, 6.45) is 3.96. The molecule has 0 heterocycles. The Morgan fingerprint density at radius 1 is 1.22 bits per heavy atom. The molecule has 0 fully saturated rings. The number of rotatable bonds is 5. The number of aliphatic hydroxyl groups is 1. The molecular formula is C14H14N2O7. The molecule has 0 unspecified atom stereocenters. The fourth-order valence-corrected chi connectivity index (χ4v) is 2.29. The Hall–Kier alpha value is -2.81. The van der Waals surface area contributed by atoms with E-state index in [9.17, 15) is 25.0 Å². The monoisotopic (exact) mass is 322 g/mol. The van der Waals surface area contributed by atoms with E-state index in [0.29, 0.717) is 12.8 Å². The fraction of sp³-hybridized carbons (Fsp3) is 0.357. The van der Waals surface area contributed by atoms with Gasteiger partial charge in [0.25, 0.3) is 11.4 Å². The van der Waals surface area contributed by atoms with Crippen molar-refractivity contribution in [3.05, 3.63) is 56.1 Å². The number of carbonyl (C=O) groups is 1. The number of allylic oxidation sites excluding steroid dienone is 1. The van der Waals surface area contributed by atoms with Crippen molar-refractivity contribution in [3.63, 3.8) is 0 Å². The SMILES string of the molecule is O=C(O[C@@H]1C=CC[C@H](CO)C1)c1cc([N+](=O)[O-])cc([N+](=O)[O-])c1. The Bertz CT molecular complexity index is 639. The molecule has 0 spiro atoms. The first-order valence-corrected chi connectivity index (χ1v) is 6.83. The fourth-order valence-electron chi connectivity index (χ4n) is 2.29. The lowest BCUT2D eigenvalue weighted by Crippen LogP contribution is -2.24. The smallest absolute Gasteiger partial charge is 0.339 e. The molecule has 0 bridgehead atoms. The van der Waals surface area contributed by atoms with Crippen LogP contribution in [-0.4, -0.2) is 33.6 Å². The first-order chi connectivity index (χ1) is 10.9. The van der Waals surface area contributed by atoms with Crippen molar-refractivity contribution in [2.24, 2.45) is 5.92 Å². The molecule has 0 saturated carbocycles. The van der Waals surface area contributed by atoms with Crippen LogP contribution in [0.25, 0.3) is 0 Å². The summed E-state index contributed by atoms with van der Waals surface area (Å²) in [4.78, 5) is 32.1. The molecule has 1 aromatic rings. The van der Waals surface area contributed by atoms with Crippen LogP contribution in [0.3, 0.4) is 0 Å². The summed E-state index contributed by atoms with van der Waals surface area (Å²) in [5, 5.41) is 30.8. The van der Waals surface area contributed by atoms with Crippen molar-refractivity contribution in [3.8, 4) is 0 Å². The van der Waals surface area contributed by atoms with Gasteiger partial charge in [0, 0.05) is 18.7 Å². The van der Waals surface area contributed by atoms with Crippen molar-refractivity contribution >= 4 is 17.3 Å². The van der Waals surface area contributed by atoms with Gasteiger partial charge in [-0.05, 0) is 24.8 Å². The van der Waals surface area contributed by atoms with Gasteiger partial charge in [-0.15, -0.1) is 0 Å². The number of esters is 1. The lowest BCUT2D eigenvalue weighted by Gasteiger charge is -2.23. The number of hydrogen-bond donors (Lipinski definition) is 1. The lowest BCUT2D eigenvalue weighted by molar-refractivity contribution is -0.394. The summed E-state index contributed by atoms with van der Waals surface area (Å²) in [5.74, 6) is -0.915. The number of hydrogen-bond acceptors (Lipinski definition) is 7. The van der Waals surface area contributed by atoms with E-state index in [1.54, 1.807) is 12.2 Å². The van der Waals surface area contributed by atoms with Gasteiger partial charge < -0.3 is 9.84 Å². The van der Waals surface area contributed by atoms with Crippen molar-refractivity contribution in [2.45, 2.75) is 18.9 Å². The zero-order valence-corrected chi connectivity index (χ0v) is 12.0. The number of non-ortho nitro benzene ring substituents is 2. The Morgan fingerprint density at radius 3 is 2.35 bits per heavy atom. The number of aliphatic hydroxyl groups excluding tert-OH is 1. The zero-order valence-electron chi connectivity index (χ0n) is 12.0. The standard InChI is InChI=1S/C14H14N2O7/c17-8-9-2-1-3-13(4-9)23-14(18)10-5-11(15(19)20)7-12(6-10)16(21)22/h1,3,5-7,9,13,17H,2,4,8H2/t9-,13+/m0/s1. The van der Waals surface area contributed by atoms with Gasteiger partial charge in [0.2, 0.25) is 0 Å². The van der Waals surface area contributed by atoms with E-state index in [0.717, 1.165) is 18.2 Å². The van der Waals surface area contributed by atoms with Gasteiger partial charge in [0.15, 0.2) is 0 Å². The molecule has 0 saturated heterocycles. The average molecular weight is 322 g/mol. The second-order valence-corrected chi connectivity index (χ2v) is 5.14. The Balaban J connectivity index is 2.21. The minimum Gasteiger partial charge on any atom is -0.455 e. The highest BCUT2D eigenvalue weighted by molar-refractivity contribution is 5.91. The third-order valence-corrected chi connectivity index (χ3v) is 3.46. The Labute approximate surface area is 130 Å². The number of carbonyl (C=O) groups excluding carboxylic acids is 1. The third-order valence-electron chi connectivity index (χ3n) is 3.46. The predicted molar refractivity (Wildman–Crippen MR) is 77.9 cm³/mol. The van der Waals surface area contributed by atoms with E-state index in [-0.39, 0.29) is 18.1 Å². The molecule has 1 aliphatic carbocycles. The van der Waals surface area contributed by atoms with E-state index in [2.05, 4.69) is 0 Å². The van der Waals surface area contributed by atoms with Gasteiger partial charge >= 0.3 is 5.97 Å². The topological polar surface area (TPSA) is 133 Å². The highest BCUT2D eigenvalue weighted by Gasteiger charge is 2.24. The van der Waals surface area contributed by atoms with E-state index in [1.807, 2.05) is 0 Å². The maximum absolute atomic E-state index is 12.1. The molecule has 9 nitrogen and oxygen atoms in total. The number of nitrogens with zero attached hydrogens (tertiary/aromatic N) is 2. The molecule has 1 aromatic carbocycles. The minimum absolute atomic E-state index is 0.0303. The van der Waals surface area contributed by atoms with E-state index in [1.165, 1.54) is 0 Å². The normalized spacial score (nSPS) is 20.0. The van der Waals surface area contributed by atoms with Crippen LogP contribution >= 0.6 is 0 Å². The second-order valence-electron chi connectivity index (χ2n) is 5.14. The molecular weight excluding hydrogens is 308 g/mol. The summed E-state index contributed by atoms with van der Waals surface area (Å²) in [7, 11) is 0.